The number of benzene rings is 1. The SMILES string of the molecule is COCCNC[C@@H](O)COc1cc(C)cc(C)c1C. The molecule has 0 bridgehead atoms. The van der Waals surface area contributed by atoms with Gasteiger partial charge in [-0.05, 0) is 43.5 Å². The number of aliphatic hydroxyl groups excluding tert-OH is 1. The molecule has 0 spiro atoms. The summed E-state index contributed by atoms with van der Waals surface area (Å²) in [5.41, 5.74) is 3.51. The summed E-state index contributed by atoms with van der Waals surface area (Å²) in [5.74, 6) is 0.855. The molecule has 2 N–H and O–H groups in total. The van der Waals surface area contributed by atoms with Gasteiger partial charge in [-0.2, -0.15) is 0 Å². The van der Waals surface area contributed by atoms with Crippen LogP contribution in [-0.2, 0) is 4.74 Å². The van der Waals surface area contributed by atoms with Crippen molar-refractivity contribution in [1.82, 2.24) is 5.32 Å². The molecule has 1 aromatic carbocycles. The number of hydrogen-bond acceptors (Lipinski definition) is 4. The Bertz CT molecular complexity index is 393. The highest BCUT2D eigenvalue weighted by Crippen LogP contribution is 2.23. The maximum absolute atomic E-state index is 9.81. The summed E-state index contributed by atoms with van der Waals surface area (Å²) >= 11 is 0. The second-order valence-corrected chi connectivity index (χ2v) is 4.87. The van der Waals surface area contributed by atoms with Gasteiger partial charge in [0.25, 0.3) is 0 Å². The van der Waals surface area contributed by atoms with E-state index >= 15 is 0 Å². The first kappa shape index (κ1) is 16.0. The molecule has 0 fully saturated rings. The van der Waals surface area contributed by atoms with Crippen LogP contribution < -0.4 is 10.1 Å². The number of methoxy groups -OCH3 is 1. The van der Waals surface area contributed by atoms with Crippen molar-refractivity contribution in [1.29, 1.82) is 0 Å². The van der Waals surface area contributed by atoms with E-state index < -0.39 is 6.10 Å². The number of rotatable bonds is 8. The minimum Gasteiger partial charge on any atom is -0.491 e. The lowest BCUT2D eigenvalue weighted by Gasteiger charge is -2.16. The molecular weight excluding hydrogens is 242 g/mol. The van der Waals surface area contributed by atoms with E-state index in [-0.39, 0.29) is 0 Å². The normalized spacial score (nSPS) is 12.5. The Balaban J connectivity index is 2.39. The van der Waals surface area contributed by atoms with E-state index in [1.54, 1.807) is 7.11 Å². The van der Waals surface area contributed by atoms with E-state index in [9.17, 15) is 5.11 Å². The van der Waals surface area contributed by atoms with Gasteiger partial charge in [-0.25, -0.2) is 0 Å². The summed E-state index contributed by atoms with van der Waals surface area (Å²) in [6.07, 6.45) is -0.517. The molecule has 1 rings (SSSR count). The predicted octanol–water partition coefficient (Wildman–Crippen LogP) is 1.59. The second kappa shape index (κ2) is 8.15. The molecule has 1 atom stereocenters. The Kier molecular flexibility index (Phi) is 6.84. The van der Waals surface area contributed by atoms with Crippen molar-refractivity contribution in [2.45, 2.75) is 26.9 Å². The number of aryl methyl sites for hydroxylation is 2. The van der Waals surface area contributed by atoms with Crippen LogP contribution in [0.2, 0.25) is 0 Å². The molecule has 0 saturated heterocycles. The van der Waals surface area contributed by atoms with Crippen LogP contribution in [-0.4, -0.2) is 44.6 Å². The summed E-state index contributed by atoms with van der Waals surface area (Å²) in [6.45, 7) is 8.32. The minimum absolute atomic E-state index is 0.295. The van der Waals surface area contributed by atoms with Gasteiger partial charge in [0.2, 0.25) is 0 Å². The lowest BCUT2D eigenvalue weighted by atomic mass is 10.1. The third-order valence-corrected chi connectivity index (χ3v) is 3.06. The molecule has 0 radical (unpaired) electrons. The van der Waals surface area contributed by atoms with Gasteiger partial charge >= 0.3 is 0 Å². The zero-order valence-electron chi connectivity index (χ0n) is 12.3. The van der Waals surface area contributed by atoms with Crippen LogP contribution in [0.4, 0.5) is 0 Å². The first-order valence-corrected chi connectivity index (χ1v) is 6.63. The predicted molar refractivity (Wildman–Crippen MR) is 76.9 cm³/mol. The molecule has 0 aliphatic rings. The maximum atomic E-state index is 9.81. The molecule has 0 heterocycles. The Morgan fingerprint density at radius 1 is 1.26 bits per heavy atom. The fraction of sp³-hybridized carbons (Fsp3) is 0.600. The van der Waals surface area contributed by atoms with Gasteiger partial charge in [0, 0.05) is 20.2 Å². The van der Waals surface area contributed by atoms with E-state index in [1.165, 1.54) is 11.1 Å². The first-order chi connectivity index (χ1) is 9.04. The van der Waals surface area contributed by atoms with Gasteiger partial charge in [-0.1, -0.05) is 6.07 Å². The van der Waals surface area contributed by atoms with E-state index in [0.29, 0.717) is 19.8 Å². The minimum atomic E-state index is -0.517. The molecule has 19 heavy (non-hydrogen) atoms. The van der Waals surface area contributed by atoms with Crippen molar-refractivity contribution < 1.29 is 14.6 Å². The Morgan fingerprint density at radius 3 is 2.68 bits per heavy atom. The number of nitrogens with one attached hydrogen (secondary N) is 1. The van der Waals surface area contributed by atoms with E-state index in [4.69, 9.17) is 9.47 Å². The highest BCUT2D eigenvalue weighted by molar-refractivity contribution is 5.41. The van der Waals surface area contributed by atoms with Gasteiger partial charge in [0.1, 0.15) is 18.5 Å². The van der Waals surface area contributed by atoms with Crippen LogP contribution in [0.25, 0.3) is 0 Å². The van der Waals surface area contributed by atoms with Gasteiger partial charge in [-0.3, -0.25) is 0 Å². The van der Waals surface area contributed by atoms with Crippen LogP contribution in [0.3, 0.4) is 0 Å². The fourth-order valence-electron chi connectivity index (χ4n) is 1.84. The highest BCUT2D eigenvalue weighted by Gasteiger charge is 2.08. The molecule has 0 saturated carbocycles. The summed E-state index contributed by atoms with van der Waals surface area (Å²) in [4.78, 5) is 0. The van der Waals surface area contributed by atoms with Crippen molar-refractivity contribution in [2.24, 2.45) is 0 Å². The van der Waals surface area contributed by atoms with E-state index in [0.717, 1.165) is 17.9 Å². The van der Waals surface area contributed by atoms with Gasteiger partial charge in [0.15, 0.2) is 0 Å². The molecular formula is C15H25NO3. The summed E-state index contributed by atoms with van der Waals surface area (Å²) in [6, 6.07) is 4.14. The topological polar surface area (TPSA) is 50.7 Å². The Hall–Kier alpha value is -1.10. The lowest BCUT2D eigenvalue weighted by Crippen LogP contribution is -2.33. The van der Waals surface area contributed by atoms with Crippen LogP contribution in [0.1, 0.15) is 16.7 Å². The van der Waals surface area contributed by atoms with Crippen molar-refractivity contribution >= 4 is 0 Å². The third kappa shape index (κ3) is 5.59. The van der Waals surface area contributed by atoms with Crippen LogP contribution in [0.15, 0.2) is 12.1 Å². The Labute approximate surface area is 115 Å². The van der Waals surface area contributed by atoms with Gasteiger partial charge in [0.05, 0.1) is 6.61 Å². The fourth-order valence-corrected chi connectivity index (χ4v) is 1.84. The van der Waals surface area contributed by atoms with Crippen LogP contribution in [0.5, 0.6) is 5.75 Å². The molecule has 108 valence electrons. The monoisotopic (exact) mass is 267 g/mol. The third-order valence-electron chi connectivity index (χ3n) is 3.06. The van der Waals surface area contributed by atoms with Crippen molar-refractivity contribution in [3.8, 4) is 5.75 Å². The van der Waals surface area contributed by atoms with Crippen molar-refractivity contribution in [3.63, 3.8) is 0 Å². The Morgan fingerprint density at radius 2 is 2.00 bits per heavy atom. The lowest BCUT2D eigenvalue weighted by molar-refractivity contribution is 0.103. The molecule has 0 aliphatic carbocycles. The van der Waals surface area contributed by atoms with E-state index in [1.807, 2.05) is 19.9 Å². The zero-order valence-corrected chi connectivity index (χ0v) is 12.3. The average molecular weight is 267 g/mol. The summed E-state index contributed by atoms with van der Waals surface area (Å²) in [7, 11) is 1.66. The molecule has 0 unspecified atom stereocenters. The standard InChI is InChI=1S/C15H25NO3/c1-11-7-12(2)13(3)15(8-11)19-10-14(17)9-16-5-6-18-4/h7-8,14,16-17H,5-6,9-10H2,1-4H3/t14-/m1/s1. The molecule has 1 aromatic rings. The smallest absolute Gasteiger partial charge is 0.122 e. The molecule has 0 amide bonds. The van der Waals surface area contributed by atoms with Crippen LogP contribution >= 0.6 is 0 Å². The maximum Gasteiger partial charge on any atom is 0.122 e. The average Bonchev–Trinajstić information content (AvgIpc) is 2.37. The number of ether oxygens (including phenoxy) is 2. The molecule has 4 heteroatoms. The highest BCUT2D eigenvalue weighted by atomic mass is 16.5. The van der Waals surface area contributed by atoms with Crippen LogP contribution in [0, 0.1) is 20.8 Å². The van der Waals surface area contributed by atoms with Gasteiger partial charge < -0.3 is 19.9 Å². The van der Waals surface area contributed by atoms with Gasteiger partial charge in [-0.15, -0.1) is 0 Å². The first-order valence-electron chi connectivity index (χ1n) is 6.63. The van der Waals surface area contributed by atoms with Crippen molar-refractivity contribution in [3.05, 3.63) is 28.8 Å². The largest absolute Gasteiger partial charge is 0.491 e. The molecule has 4 nitrogen and oxygen atoms in total. The van der Waals surface area contributed by atoms with Crippen molar-refractivity contribution in [2.75, 3.05) is 33.4 Å². The molecule has 0 aliphatic heterocycles. The van der Waals surface area contributed by atoms with E-state index in [2.05, 4.69) is 18.3 Å². The molecule has 0 aromatic heterocycles. The summed E-state index contributed by atoms with van der Waals surface area (Å²) in [5, 5.41) is 12.9. The number of aliphatic hydroxyl groups is 1. The summed E-state index contributed by atoms with van der Waals surface area (Å²) < 4.78 is 10.6. The zero-order chi connectivity index (χ0) is 14.3. The quantitative estimate of drug-likeness (QED) is 0.702. The number of hydrogen-bond donors (Lipinski definition) is 2. The second-order valence-electron chi connectivity index (χ2n) is 4.87.